The first-order valence-corrected chi connectivity index (χ1v) is 10.4. The van der Waals surface area contributed by atoms with E-state index in [9.17, 15) is 4.79 Å². The van der Waals surface area contributed by atoms with E-state index in [2.05, 4.69) is 64.1 Å². The van der Waals surface area contributed by atoms with Gasteiger partial charge in [-0.05, 0) is 67.4 Å². The molecule has 0 bridgehead atoms. The summed E-state index contributed by atoms with van der Waals surface area (Å²) in [6.45, 7) is 8.90. The molecule has 2 aliphatic rings. The van der Waals surface area contributed by atoms with E-state index in [1.165, 1.54) is 40.7 Å². The Morgan fingerprint density at radius 1 is 0.964 bits per heavy atom. The Morgan fingerprint density at radius 3 is 2.32 bits per heavy atom. The van der Waals surface area contributed by atoms with Gasteiger partial charge in [-0.3, -0.25) is 4.79 Å². The second-order valence-electron chi connectivity index (χ2n) is 8.97. The lowest BCUT2D eigenvalue weighted by molar-refractivity contribution is -0.151. The quantitative estimate of drug-likeness (QED) is 0.444. The van der Waals surface area contributed by atoms with Crippen LogP contribution in [-0.2, 0) is 16.1 Å². The summed E-state index contributed by atoms with van der Waals surface area (Å²) >= 11 is 0. The summed E-state index contributed by atoms with van der Waals surface area (Å²) in [6, 6.07) is 16.6. The van der Waals surface area contributed by atoms with Gasteiger partial charge >= 0.3 is 5.97 Å². The van der Waals surface area contributed by atoms with Gasteiger partial charge in [0, 0.05) is 5.41 Å². The molecule has 0 aliphatic heterocycles. The largest absolute Gasteiger partial charge is 0.460 e. The normalized spacial score (nSPS) is 23.0. The second-order valence-corrected chi connectivity index (χ2v) is 8.97. The van der Waals surface area contributed by atoms with E-state index in [1.807, 2.05) is 12.1 Å². The molecule has 0 radical (unpaired) electrons. The highest BCUT2D eigenvalue weighted by molar-refractivity contribution is 5.89. The van der Waals surface area contributed by atoms with Crippen LogP contribution in [0.5, 0.6) is 0 Å². The summed E-state index contributed by atoms with van der Waals surface area (Å²) in [7, 11) is 0. The van der Waals surface area contributed by atoms with Crippen molar-refractivity contribution < 1.29 is 9.53 Å². The van der Waals surface area contributed by atoms with E-state index < -0.39 is 5.41 Å². The molecule has 2 heteroatoms. The molecule has 146 valence electrons. The number of benzene rings is 2. The average molecular weight is 375 g/mol. The van der Waals surface area contributed by atoms with Gasteiger partial charge < -0.3 is 4.74 Å². The summed E-state index contributed by atoms with van der Waals surface area (Å²) in [5.74, 6) is -0.0728. The first kappa shape index (κ1) is 19.0. The highest BCUT2D eigenvalue weighted by Gasteiger charge is 2.70. The third-order valence-electron chi connectivity index (χ3n) is 7.17. The molecule has 2 saturated carbocycles. The molecular formula is C26H30O2. The predicted molar refractivity (Wildman–Crippen MR) is 114 cm³/mol. The molecule has 2 aromatic rings. The van der Waals surface area contributed by atoms with Crippen LogP contribution in [0.2, 0.25) is 0 Å². The number of rotatable bonds is 4. The second kappa shape index (κ2) is 6.92. The van der Waals surface area contributed by atoms with Gasteiger partial charge in [0.25, 0.3) is 0 Å². The van der Waals surface area contributed by atoms with Crippen LogP contribution in [0, 0.1) is 17.8 Å². The Morgan fingerprint density at radius 2 is 1.64 bits per heavy atom. The lowest BCUT2D eigenvalue weighted by Gasteiger charge is -2.15. The minimum absolute atomic E-state index is 0.0728. The monoisotopic (exact) mass is 374 g/mol. The fourth-order valence-corrected chi connectivity index (χ4v) is 5.11. The molecule has 0 heterocycles. The van der Waals surface area contributed by atoms with Crippen molar-refractivity contribution in [2.75, 3.05) is 0 Å². The standard InChI is InChI=1S/C26H30O2/c1-18-21(15-10-16-22(18)19-11-6-5-7-12-19)17-28-24(27)26(4)23(25(26,2)3)20-13-8-9-14-20/h5-7,10-12,15-16H,8-9,13-14,17H2,1-4H3. The van der Waals surface area contributed by atoms with Crippen LogP contribution in [0.25, 0.3) is 11.1 Å². The Kier molecular flexibility index (Phi) is 4.69. The van der Waals surface area contributed by atoms with Gasteiger partial charge in [-0.25, -0.2) is 0 Å². The van der Waals surface area contributed by atoms with Crippen molar-refractivity contribution >= 4 is 5.97 Å². The van der Waals surface area contributed by atoms with Crippen LogP contribution in [0.1, 0.15) is 57.6 Å². The van der Waals surface area contributed by atoms with Crippen LogP contribution >= 0.6 is 0 Å². The van der Waals surface area contributed by atoms with Crippen LogP contribution < -0.4 is 0 Å². The molecule has 28 heavy (non-hydrogen) atoms. The summed E-state index contributed by atoms with van der Waals surface area (Å²) < 4.78 is 5.88. The fraction of sp³-hybridized carbons (Fsp3) is 0.423. The Balaban J connectivity index is 1.53. The maximum Gasteiger partial charge on any atom is 0.317 e. The highest BCUT2D eigenvalue weighted by Crippen LogP contribution is 2.71. The smallest absolute Gasteiger partial charge is 0.317 e. The molecule has 1 atom stereocenters. The van der Waals surface area contributed by atoms with Gasteiger partial charge in [0.15, 0.2) is 0 Å². The zero-order valence-corrected chi connectivity index (χ0v) is 17.5. The third-order valence-corrected chi connectivity index (χ3v) is 7.17. The van der Waals surface area contributed by atoms with Gasteiger partial charge in [-0.1, -0.05) is 68.0 Å². The Bertz CT molecular complexity index is 928. The summed E-state index contributed by atoms with van der Waals surface area (Å²) in [6.07, 6.45) is 4.82. The van der Waals surface area contributed by atoms with Gasteiger partial charge in [-0.15, -0.1) is 0 Å². The van der Waals surface area contributed by atoms with Crippen molar-refractivity contribution in [2.45, 2.75) is 60.0 Å². The molecule has 2 aliphatic carbocycles. The lowest BCUT2D eigenvalue weighted by Crippen LogP contribution is -2.21. The predicted octanol–water partition coefficient (Wildman–Crippen LogP) is 6.62. The van der Waals surface area contributed by atoms with E-state index in [0.717, 1.165) is 18.4 Å². The van der Waals surface area contributed by atoms with Crippen molar-refractivity contribution in [1.82, 2.24) is 0 Å². The minimum Gasteiger partial charge on any atom is -0.460 e. The van der Waals surface area contributed by atoms with Crippen molar-refractivity contribution in [1.29, 1.82) is 0 Å². The number of esters is 1. The molecule has 0 aromatic heterocycles. The molecule has 2 aromatic carbocycles. The molecule has 1 unspecified atom stereocenters. The van der Waals surface area contributed by atoms with Crippen molar-refractivity contribution in [3.05, 3.63) is 70.8 Å². The topological polar surface area (TPSA) is 26.3 Å². The van der Waals surface area contributed by atoms with Crippen LogP contribution in [-0.4, -0.2) is 5.97 Å². The van der Waals surface area contributed by atoms with E-state index in [0.29, 0.717) is 6.61 Å². The minimum atomic E-state index is -0.461. The molecule has 2 fully saturated rings. The number of hydrogen-bond acceptors (Lipinski definition) is 2. The van der Waals surface area contributed by atoms with E-state index >= 15 is 0 Å². The number of ether oxygens (including phenoxy) is 1. The van der Waals surface area contributed by atoms with E-state index in [-0.39, 0.29) is 11.4 Å². The summed E-state index contributed by atoms with van der Waals surface area (Å²) in [5.41, 5.74) is 6.95. The zero-order valence-electron chi connectivity index (χ0n) is 17.5. The van der Waals surface area contributed by atoms with Gasteiger partial charge in [-0.2, -0.15) is 0 Å². The van der Waals surface area contributed by atoms with Crippen molar-refractivity contribution in [2.24, 2.45) is 10.8 Å². The number of hydrogen-bond donors (Lipinski definition) is 0. The number of carbonyl (C=O) groups is 1. The van der Waals surface area contributed by atoms with Crippen LogP contribution in [0.3, 0.4) is 0 Å². The zero-order chi connectivity index (χ0) is 19.9. The van der Waals surface area contributed by atoms with E-state index in [1.54, 1.807) is 0 Å². The summed E-state index contributed by atoms with van der Waals surface area (Å²) in [5, 5.41) is 0. The van der Waals surface area contributed by atoms with Crippen LogP contribution in [0.15, 0.2) is 59.7 Å². The average Bonchev–Trinajstić information content (AvgIpc) is 3.03. The van der Waals surface area contributed by atoms with Crippen molar-refractivity contribution in [3.8, 4) is 11.1 Å². The Labute approximate surface area is 168 Å². The van der Waals surface area contributed by atoms with Gasteiger partial charge in [0.05, 0.1) is 5.41 Å². The first-order chi connectivity index (χ1) is 13.4. The fourth-order valence-electron chi connectivity index (χ4n) is 5.11. The highest BCUT2D eigenvalue weighted by atomic mass is 16.5. The maximum atomic E-state index is 13.1. The molecular weight excluding hydrogens is 344 g/mol. The maximum absolute atomic E-state index is 13.1. The molecule has 2 nitrogen and oxygen atoms in total. The summed E-state index contributed by atoms with van der Waals surface area (Å²) in [4.78, 5) is 13.1. The molecule has 0 saturated heterocycles. The molecule has 0 amide bonds. The lowest BCUT2D eigenvalue weighted by atomic mass is 9.96. The van der Waals surface area contributed by atoms with Gasteiger partial charge in [0.1, 0.15) is 6.61 Å². The van der Waals surface area contributed by atoms with Crippen LogP contribution in [0.4, 0.5) is 0 Å². The third kappa shape index (κ3) is 2.90. The van der Waals surface area contributed by atoms with Crippen molar-refractivity contribution in [3.63, 3.8) is 0 Å². The van der Waals surface area contributed by atoms with E-state index in [4.69, 9.17) is 4.74 Å². The van der Waals surface area contributed by atoms with Gasteiger partial charge in [0.2, 0.25) is 0 Å². The Hall–Kier alpha value is -2.35. The first-order valence-electron chi connectivity index (χ1n) is 10.4. The SMILES string of the molecule is Cc1c(COC(=O)C2(C)C(=C3CCCC3)C2(C)C)cccc1-c1ccccc1. The molecule has 4 rings (SSSR count). The molecule has 0 N–H and O–H groups in total. The molecule has 0 spiro atoms. The number of carbonyl (C=O) groups excluding carboxylic acids is 1. The number of allylic oxidation sites excluding steroid dienone is 1.